The molecule has 0 saturated heterocycles. The molecule has 3 rings (SSSR count). The third-order valence-electron chi connectivity index (χ3n) is 3.47. The molecule has 0 amide bonds. The molecule has 0 atom stereocenters. The predicted octanol–water partition coefficient (Wildman–Crippen LogP) is 4.92. The number of nitro benzene ring substituents is 1. The Bertz CT molecular complexity index is 821. The third-order valence-corrected chi connectivity index (χ3v) is 3.47. The molecule has 0 aliphatic rings. The summed E-state index contributed by atoms with van der Waals surface area (Å²) in [6, 6.07) is 23.8. The van der Waals surface area contributed by atoms with Gasteiger partial charge in [-0.2, -0.15) is 0 Å². The number of rotatable bonds is 6. The average molecular weight is 320 g/mol. The summed E-state index contributed by atoms with van der Waals surface area (Å²) >= 11 is 0. The van der Waals surface area contributed by atoms with E-state index in [0.29, 0.717) is 18.0 Å². The fourth-order valence-corrected chi connectivity index (χ4v) is 2.28. The van der Waals surface area contributed by atoms with Crippen LogP contribution in [0.5, 0.6) is 5.75 Å². The van der Waals surface area contributed by atoms with Crippen molar-refractivity contribution in [3.8, 4) is 5.75 Å². The van der Waals surface area contributed by atoms with Gasteiger partial charge in [0.2, 0.25) is 0 Å². The van der Waals surface area contributed by atoms with Crippen LogP contribution in [0.1, 0.15) is 5.56 Å². The summed E-state index contributed by atoms with van der Waals surface area (Å²) in [6.45, 7) is 0.365. The van der Waals surface area contributed by atoms with Crippen LogP contribution in [0, 0.1) is 10.1 Å². The van der Waals surface area contributed by atoms with Crippen LogP contribution in [-0.4, -0.2) is 4.92 Å². The molecular weight excluding hydrogens is 304 g/mol. The van der Waals surface area contributed by atoms with Crippen molar-refractivity contribution in [3.05, 3.63) is 94.5 Å². The Morgan fingerprint density at radius 2 is 1.58 bits per heavy atom. The van der Waals surface area contributed by atoms with E-state index in [1.165, 1.54) is 6.07 Å². The molecule has 0 aliphatic carbocycles. The lowest BCUT2D eigenvalue weighted by molar-refractivity contribution is -0.384. The fourth-order valence-electron chi connectivity index (χ4n) is 2.28. The van der Waals surface area contributed by atoms with Crippen LogP contribution in [0.4, 0.5) is 17.1 Å². The summed E-state index contributed by atoms with van der Waals surface area (Å²) in [6.07, 6.45) is 0. The highest BCUT2D eigenvalue weighted by Crippen LogP contribution is 2.31. The normalized spacial score (nSPS) is 10.2. The van der Waals surface area contributed by atoms with Crippen LogP contribution in [0.2, 0.25) is 0 Å². The average Bonchev–Trinajstić information content (AvgIpc) is 2.62. The van der Waals surface area contributed by atoms with Gasteiger partial charge in [-0.3, -0.25) is 10.1 Å². The van der Waals surface area contributed by atoms with E-state index in [1.54, 1.807) is 12.1 Å². The van der Waals surface area contributed by atoms with Crippen LogP contribution < -0.4 is 10.1 Å². The summed E-state index contributed by atoms with van der Waals surface area (Å²) in [7, 11) is 0. The first-order valence-electron chi connectivity index (χ1n) is 7.49. The number of hydrogen-bond donors (Lipinski definition) is 1. The Kier molecular flexibility index (Phi) is 4.72. The highest BCUT2D eigenvalue weighted by atomic mass is 16.6. The van der Waals surface area contributed by atoms with Gasteiger partial charge in [-0.25, -0.2) is 0 Å². The van der Waals surface area contributed by atoms with Gasteiger partial charge in [0, 0.05) is 5.69 Å². The molecule has 3 aromatic rings. The molecule has 0 aliphatic heterocycles. The van der Waals surface area contributed by atoms with Gasteiger partial charge in [0.05, 0.1) is 11.0 Å². The maximum absolute atomic E-state index is 11.3. The topological polar surface area (TPSA) is 64.4 Å². The van der Waals surface area contributed by atoms with Crippen LogP contribution >= 0.6 is 0 Å². The smallest absolute Gasteiger partial charge is 0.296 e. The summed E-state index contributed by atoms with van der Waals surface area (Å²) in [4.78, 5) is 10.9. The van der Waals surface area contributed by atoms with Crippen molar-refractivity contribution < 1.29 is 9.66 Å². The van der Waals surface area contributed by atoms with Gasteiger partial charge < -0.3 is 10.1 Å². The Labute approximate surface area is 139 Å². The number of para-hydroxylation sites is 1. The first-order chi connectivity index (χ1) is 11.7. The number of nitrogens with zero attached hydrogens (tertiary/aromatic N) is 1. The molecular formula is C19H16N2O3. The zero-order valence-corrected chi connectivity index (χ0v) is 12.9. The van der Waals surface area contributed by atoms with Crippen LogP contribution in [0.3, 0.4) is 0 Å². The number of ether oxygens (including phenoxy) is 1. The maximum Gasteiger partial charge on any atom is 0.296 e. The number of nitrogens with one attached hydrogen (secondary N) is 1. The van der Waals surface area contributed by atoms with Crippen molar-refractivity contribution in [1.29, 1.82) is 0 Å². The number of anilines is 2. The minimum absolute atomic E-state index is 0.0237. The molecule has 0 saturated carbocycles. The Hall–Kier alpha value is -3.34. The first-order valence-corrected chi connectivity index (χ1v) is 7.49. The largest absolute Gasteiger partial charge is 0.489 e. The minimum atomic E-state index is -0.416. The summed E-state index contributed by atoms with van der Waals surface area (Å²) < 4.78 is 5.66. The lowest BCUT2D eigenvalue weighted by Crippen LogP contribution is -1.99. The molecule has 5 nitrogen and oxygen atoms in total. The monoisotopic (exact) mass is 320 g/mol. The Morgan fingerprint density at radius 3 is 2.25 bits per heavy atom. The van der Waals surface area contributed by atoms with Crippen LogP contribution in [0.15, 0.2) is 78.9 Å². The third kappa shape index (κ3) is 3.89. The number of hydrogen-bond acceptors (Lipinski definition) is 4. The van der Waals surface area contributed by atoms with E-state index >= 15 is 0 Å². The second kappa shape index (κ2) is 7.28. The molecule has 0 spiro atoms. The molecule has 120 valence electrons. The van der Waals surface area contributed by atoms with E-state index in [4.69, 9.17) is 4.74 Å². The van der Waals surface area contributed by atoms with Gasteiger partial charge in [0.15, 0.2) is 0 Å². The van der Waals surface area contributed by atoms with Crippen molar-refractivity contribution in [3.63, 3.8) is 0 Å². The molecule has 5 heteroatoms. The summed E-state index contributed by atoms with van der Waals surface area (Å²) in [5.74, 6) is 0.462. The van der Waals surface area contributed by atoms with Gasteiger partial charge in [-0.15, -0.1) is 0 Å². The van der Waals surface area contributed by atoms with Crippen molar-refractivity contribution in [2.24, 2.45) is 0 Å². The maximum atomic E-state index is 11.3. The quantitative estimate of drug-likeness (QED) is 0.517. The van der Waals surface area contributed by atoms with E-state index in [2.05, 4.69) is 5.32 Å². The molecule has 0 radical (unpaired) electrons. The fraction of sp³-hybridized carbons (Fsp3) is 0.0526. The molecule has 3 aromatic carbocycles. The first kappa shape index (κ1) is 15.6. The second-order valence-corrected chi connectivity index (χ2v) is 5.20. The lowest BCUT2D eigenvalue weighted by atomic mass is 10.2. The van der Waals surface area contributed by atoms with Crippen molar-refractivity contribution in [2.75, 3.05) is 5.32 Å². The van der Waals surface area contributed by atoms with E-state index in [-0.39, 0.29) is 5.69 Å². The van der Waals surface area contributed by atoms with Gasteiger partial charge in [0.1, 0.15) is 18.0 Å². The SMILES string of the molecule is O=[N+]([O-])c1cc(OCc2ccccc2)ccc1Nc1ccccc1. The van der Waals surface area contributed by atoms with Crippen LogP contribution in [0.25, 0.3) is 0 Å². The number of nitro groups is 1. The molecule has 1 N–H and O–H groups in total. The lowest BCUT2D eigenvalue weighted by Gasteiger charge is -2.10. The van der Waals surface area contributed by atoms with Gasteiger partial charge in [-0.1, -0.05) is 48.5 Å². The molecule has 0 heterocycles. The van der Waals surface area contributed by atoms with Crippen molar-refractivity contribution in [2.45, 2.75) is 6.61 Å². The summed E-state index contributed by atoms with van der Waals surface area (Å²) in [5.41, 5.74) is 2.20. The van der Waals surface area contributed by atoms with E-state index in [1.807, 2.05) is 60.7 Å². The van der Waals surface area contributed by atoms with Gasteiger partial charge >= 0.3 is 0 Å². The van der Waals surface area contributed by atoms with E-state index in [9.17, 15) is 10.1 Å². The Balaban J connectivity index is 1.78. The predicted molar refractivity (Wildman–Crippen MR) is 93.6 cm³/mol. The van der Waals surface area contributed by atoms with Gasteiger partial charge in [0.25, 0.3) is 5.69 Å². The van der Waals surface area contributed by atoms with Crippen molar-refractivity contribution >= 4 is 17.1 Å². The molecule has 0 unspecified atom stereocenters. The number of benzene rings is 3. The second-order valence-electron chi connectivity index (χ2n) is 5.20. The Morgan fingerprint density at radius 1 is 0.917 bits per heavy atom. The molecule has 24 heavy (non-hydrogen) atoms. The molecule has 0 aromatic heterocycles. The highest BCUT2D eigenvalue weighted by Gasteiger charge is 2.15. The van der Waals surface area contributed by atoms with Gasteiger partial charge in [-0.05, 0) is 29.8 Å². The zero-order valence-electron chi connectivity index (χ0n) is 12.9. The van der Waals surface area contributed by atoms with E-state index in [0.717, 1.165) is 11.3 Å². The summed E-state index contributed by atoms with van der Waals surface area (Å²) in [5, 5.41) is 14.4. The standard InChI is InChI=1S/C19H16N2O3/c22-21(23)19-13-17(24-14-15-7-3-1-4-8-15)11-12-18(19)20-16-9-5-2-6-10-16/h1-13,20H,14H2. The van der Waals surface area contributed by atoms with Crippen LogP contribution in [-0.2, 0) is 6.61 Å². The zero-order chi connectivity index (χ0) is 16.8. The van der Waals surface area contributed by atoms with E-state index < -0.39 is 4.92 Å². The minimum Gasteiger partial charge on any atom is -0.489 e. The van der Waals surface area contributed by atoms with Crippen molar-refractivity contribution in [1.82, 2.24) is 0 Å². The molecule has 0 fully saturated rings. The molecule has 0 bridgehead atoms. The highest BCUT2D eigenvalue weighted by molar-refractivity contribution is 5.70.